The zero-order valence-corrected chi connectivity index (χ0v) is 16.1. The van der Waals surface area contributed by atoms with Crippen LogP contribution in [0, 0.1) is 12.3 Å². The number of methoxy groups -OCH3 is 1. The first kappa shape index (κ1) is 19.8. The van der Waals surface area contributed by atoms with Crippen molar-refractivity contribution in [2.45, 2.75) is 27.3 Å². The topological polar surface area (TPSA) is 67.4 Å². The zero-order valence-electron chi connectivity index (χ0n) is 15.4. The smallest absolute Gasteiger partial charge is 0.239 e. The number of hydrogen-bond donors (Lipinski definition) is 2. The highest BCUT2D eigenvalue weighted by molar-refractivity contribution is 6.31. The fourth-order valence-electron chi connectivity index (χ4n) is 2.34. The molecule has 5 nitrogen and oxygen atoms in total. The molecule has 0 aliphatic carbocycles. The summed E-state index contributed by atoms with van der Waals surface area (Å²) in [5.41, 5.74) is 1.03. The Morgan fingerprint density at radius 2 is 1.81 bits per heavy atom. The summed E-state index contributed by atoms with van der Waals surface area (Å²) in [6, 6.07) is 12.7. The molecule has 0 saturated carbocycles. The molecule has 0 unspecified atom stereocenters. The first-order valence-electron chi connectivity index (χ1n) is 8.23. The van der Waals surface area contributed by atoms with Gasteiger partial charge < -0.3 is 15.4 Å². The monoisotopic (exact) mass is 374 g/mol. The van der Waals surface area contributed by atoms with Crippen LogP contribution in [0.3, 0.4) is 0 Å². The summed E-state index contributed by atoms with van der Waals surface area (Å²) >= 11 is 6.10. The first-order valence-corrected chi connectivity index (χ1v) is 8.61. The molecule has 0 bridgehead atoms. The van der Waals surface area contributed by atoms with Crippen molar-refractivity contribution in [2.24, 2.45) is 5.41 Å². The molecule has 2 rings (SSSR count). The third-order valence-corrected chi connectivity index (χ3v) is 4.50. The number of rotatable bonds is 6. The number of carbonyl (C=O) groups is 2. The second-order valence-electron chi connectivity index (χ2n) is 6.56. The van der Waals surface area contributed by atoms with Crippen LogP contribution in [0.2, 0.25) is 5.02 Å². The third-order valence-electron chi connectivity index (χ3n) is 4.14. The lowest BCUT2D eigenvalue weighted by Crippen LogP contribution is -2.44. The van der Waals surface area contributed by atoms with Gasteiger partial charge in [-0.25, -0.2) is 0 Å². The van der Waals surface area contributed by atoms with E-state index in [4.69, 9.17) is 16.3 Å². The van der Waals surface area contributed by atoms with Gasteiger partial charge in [0.25, 0.3) is 0 Å². The molecule has 2 aromatic rings. The van der Waals surface area contributed by atoms with E-state index in [0.29, 0.717) is 16.5 Å². The third kappa shape index (κ3) is 4.55. The number of hydrogen-bond acceptors (Lipinski definition) is 3. The minimum Gasteiger partial charge on any atom is -0.495 e. The summed E-state index contributed by atoms with van der Waals surface area (Å²) in [4.78, 5) is 25.2. The van der Waals surface area contributed by atoms with Gasteiger partial charge in [0.1, 0.15) is 11.2 Å². The Labute approximate surface area is 158 Å². The minimum atomic E-state index is -1.27. The van der Waals surface area contributed by atoms with Crippen molar-refractivity contribution < 1.29 is 14.3 Å². The summed E-state index contributed by atoms with van der Waals surface area (Å²) < 4.78 is 5.26. The highest BCUT2D eigenvalue weighted by Gasteiger charge is 2.36. The van der Waals surface area contributed by atoms with Crippen molar-refractivity contribution in [3.63, 3.8) is 0 Å². The molecule has 2 aromatic carbocycles. The van der Waals surface area contributed by atoms with E-state index in [9.17, 15) is 9.59 Å². The zero-order chi connectivity index (χ0) is 19.3. The molecule has 0 heterocycles. The highest BCUT2D eigenvalue weighted by Crippen LogP contribution is 2.28. The van der Waals surface area contributed by atoms with E-state index in [0.717, 1.165) is 11.1 Å². The molecule has 2 N–H and O–H groups in total. The van der Waals surface area contributed by atoms with Crippen LogP contribution in [-0.2, 0) is 16.1 Å². The van der Waals surface area contributed by atoms with Gasteiger partial charge in [0.15, 0.2) is 0 Å². The number of amides is 2. The van der Waals surface area contributed by atoms with Crippen LogP contribution in [0.1, 0.15) is 25.0 Å². The molecule has 0 saturated heterocycles. The van der Waals surface area contributed by atoms with E-state index in [1.165, 1.54) is 7.11 Å². The van der Waals surface area contributed by atoms with Crippen LogP contribution in [-0.4, -0.2) is 18.9 Å². The Balaban J connectivity index is 2.08. The predicted molar refractivity (Wildman–Crippen MR) is 103 cm³/mol. The Morgan fingerprint density at radius 1 is 1.12 bits per heavy atom. The lowest BCUT2D eigenvalue weighted by Gasteiger charge is -2.23. The maximum atomic E-state index is 12.7. The van der Waals surface area contributed by atoms with Gasteiger partial charge in [-0.1, -0.05) is 35.9 Å². The number of anilines is 1. The molecule has 138 valence electrons. The van der Waals surface area contributed by atoms with Crippen LogP contribution in [0.4, 0.5) is 5.69 Å². The van der Waals surface area contributed by atoms with Crippen molar-refractivity contribution in [1.29, 1.82) is 0 Å². The van der Waals surface area contributed by atoms with E-state index in [1.807, 2.05) is 31.2 Å². The fraction of sp³-hybridized carbons (Fsp3) is 0.300. The number of nitrogens with one attached hydrogen (secondary N) is 2. The minimum absolute atomic E-state index is 0.253. The van der Waals surface area contributed by atoms with Crippen LogP contribution in [0.25, 0.3) is 0 Å². The molecule has 0 aliphatic rings. The summed E-state index contributed by atoms with van der Waals surface area (Å²) in [5, 5.41) is 6.12. The van der Waals surface area contributed by atoms with Gasteiger partial charge in [-0.15, -0.1) is 0 Å². The first-order chi connectivity index (χ1) is 12.3. The van der Waals surface area contributed by atoms with Crippen LogP contribution in [0.15, 0.2) is 42.5 Å². The van der Waals surface area contributed by atoms with Gasteiger partial charge in [-0.05, 0) is 50.1 Å². The maximum Gasteiger partial charge on any atom is 0.239 e. The molecular weight excluding hydrogens is 352 g/mol. The van der Waals surface area contributed by atoms with E-state index in [2.05, 4.69) is 10.6 Å². The SMILES string of the molecule is COc1ccc(C)cc1NC(=O)C(C)(C)C(=O)NCc1ccccc1Cl. The fourth-order valence-corrected chi connectivity index (χ4v) is 2.54. The molecule has 0 aromatic heterocycles. The van der Waals surface area contributed by atoms with Crippen molar-refractivity contribution in [3.05, 3.63) is 58.6 Å². The lowest BCUT2D eigenvalue weighted by molar-refractivity contribution is -0.138. The number of halogens is 1. The Kier molecular flexibility index (Phi) is 6.27. The number of ether oxygens (including phenoxy) is 1. The molecule has 0 fully saturated rings. The van der Waals surface area contributed by atoms with Crippen molar-refractivity contribution in [2.75, 3.05) is 12.4 Å². The average molecular weight is 375 g/mol. The number of aryl methyl sites for hydroxylation is 1. The van der Waals surface area contributed by atoms with Gasteiger partial charge >= 0.3 is 0 Å². The Hall–Kier alpha value is -2.53. The summed E-state index contributed by atoms with van der Waals surface area (Å²) in [7, 11) is 1.53. The van der Waals surface area contributed by atoms with E-state index < -0.39 is 11.3 Å². The second kappa shape index (κ2) is 8.23. The number of carbonyl (C=O) groups excluding carboxylic acids is 2. The Bertz CT molecular complexity index is 818. The van der Waals surface area contributed by atoms with Crippen molar-refractivity contribution >= 4 is 29.1 Å². The maximum absolute atomic E-state index is 12.7. The lowest BCUT2D eigenvalue weighted by atomic mass is 9.90. The highest BCUT2D eigenvalue weighted by atomic mass is 35.5. The molecular formula is C20H23ClN2O3. The van der Waals surface area contributed by atoms with E-state index in [1.54, 1.807) is 32.0 Å². The summed E-state index contributed by atoms with van der Waals surface area (Å²) in [6.45, 7) is 5.32. The second-order valence-corrected chi connectivity index (χ2v) is 6.96. The standard InChI is InChI=1S/C20H23ClN2O3/c1-13-9-10-17(26-4)16(11-13)23-19(25)20(2,3)18(24)22-12-14-7-5-6-8-15(14)21/h5-11H,12H2,1-4H3,(H,22,24)(H,23,25). The van der Waals surface area contributed by atoms with Gasteiger partial charge in [0, 0.05) is 11.6 Å². The molecule has 0 spiro atoms. The van der Waals surface area contributed by atoms with Crippen molar-refractivity contribution in [1.82, 2.24) is 5.32 Å². The predicted octanol–water partition coefficient (Wildman–Crippen LogP) is 3.94. The van der Waals surface area contributed by atoms with Crippen molar-refractivity contribution in [3.8, 4) is 5.75 Å². The molecule has 0 atom stereocenters. The molecule has 6 heteroatoms. The van der Waals surface area contributed by atoms with Gasteiger partial charge in [-0.3, -0.25) is 9.59 Å². The molecule has 2 amide bonds. The van der Waals surface area contributed by atoms with E-state index in [-0.39, 0.29) is 12.5 Å². The Morgan fingerprint density at radius 3 is 2.46 bits per heavy atom. The quantitative estimate of drug-likeness (QED) is 0.752. The molecule has 0 radical (unpaired) electrons. The van der Waals surface area contributed by atoms with Crippen LogP contribution < -0.4 is 15.4 Å². The number of benzene rings is 2. The van der Waals surface area contributed by atoms with Crippen LogP contribution >= 0.6 is 11.6 Å². The van der Waals surface area contributed by atoms with Crippen LogP contribution in [0.5, 0.6) is 5.75 Å². The largest absolute Gasteiger partial charge is 0.495 e. The van der Waals surface area contributed by atoms with E-state index >= 15 is 0 Å². The summed E-state index contributed by atoms with van der Waals surface area (Å²) in [6.07, 6.45) is 0. The van der Waals surface area contributed by atoms with Gasteiger partial charge in [0.2, 0.25) is 11.8 Å². The average Bonchev–Trinajstić information content (AvgIpc) is 2.60. The molecule has 26 heavy (non-hydrogen) atoms. The normalized spacial score (nSPS) is 11.0. The summed E-state index contributed by atoms with van der Waals surface area (Å²) in [5.74, 6) is -0.268. The molecule has 0 aliphatic heterocycles. The van der Waals surface area contributed by atoms with Gasteiger partial charge in [-0.2, -0.15) is 0 Å². The van der Waals surface area contributed by atoms with Gasteiger partial charge in [0.05, 0.1) is 12.8 Å².